The summed E-state index contributed by atoms with van der Waals surface area (Å²) in [5.74, 6) is 0.863. The molecular weight excluding hydrogens is 368 g/mol. The normalized spacial score (nSPS) is 10.9. The summed E-state index contributed by atoms with van der Waals surface area (Å²) in [6.07, 6.45) is 2.46. The van der Waals surface area contributed by atoms with Crippen LogP contribution in [-0.4, -0.2) is 25.6 Å². The van der Waals surface area contributed by atoms with E-state index >= 15 is 0 Å². The lowest BCUT2D eigenvalue weighted by atomic mass is 10.0. The monoisotopic (exact) mass is 394 g/mol. The molecule has 0 saturated carbocycles. The standard InChI is InChI=1S/C22H26N4O3/c1-5-6-10-20(27)17-11-12-21(16(3)13-17)29-14-18-15(2)8-7-9-19(18)26-22(28)25(4)23-24-26/h7-9,11-13H,5-6,10,14H2,1-4H3. The van der Waals surface area contributed by atoms with E-state index in [0.29, 0.717) is 23.4 Å². The Bertz CT molecular complexity index is 1080. The minimum absolute atomic E-state index is 0.157. The maximum Gasteiger partial charge on any atom is 0.368 e. The van der Waals surface area contributed by atoms with Gasteiger partial charge in [-0.25, -0.2) is 4.79 Å². The average Bonchev–Trinajstić information content (AvgIpc) is 3.04. The molecule has 7 nitrogen and oxygen atoms in total. The van der Waals surface area contributed by atoms with E-state index in [4.69, 9.17) is 4.74 Å². The highest BCUT2D eigenvalue weighted by Gasteiger charge is 2.14. The first-order chi connectivity index (χ1) is 13.9. The summed E-state index contributed by atoms with van der Waals surface area (Å²) in [6.45, 7) is 6.24. The van der Waals surface area contributed by atoms with Gasteiger partial charge in [-0.2, -0.15) is 9.36 Å². The Morgan fingerprint density at radius 3 is 2.55 bits per heavy atom. The van der Waals surface area contributed by atoms with E-state index < -0.39 is 0 Å². The van der Waals surface area contributed by atoms with Crippen molar-refractivity contribution in [3.8, 4) is 11.4 Å². The van der Waals surface area contributed by atoms with Gasteiger partial charge in [0.05, 0.1) is 5.69 Å². The van der Waals surface area contributed by atoms with E-state index in [-0.39, 0.29) is 18.1 Å². The molecule has 0 spiro atoms. The zero-order valence-corrected chi connectivity index (χ0v) is 17.3. The highest BCUT2D eigenvalue weighted by Crippen LogP contribution is 2.24. The summed E-state index contributed by atoms with van der Waals surface area (Å²) in [7, 11) is 1.56. The molecule has 0 aliphatic carbocycles. The third kappa shape index (κ3) is 4.45. The van der Waals surface area contributed by atoms with Crippen molar-refractivity contribution >= 4 is 5.78 Å². The van der Waals surface area contributed by atoms with Gasteiger partial charge in [-0.15, -0.1) is 0 Å². The number of hydrogen-bond acceptors (Lipinski definition) is 5. The summed E-state index contributed by atoms with van der Waals surface area (Å²) in [4.78, 5) is 24.5. The number of ketones is 1. The first kappa shape index (κ1) is 20.5. The number of aryl methyl sites for hydroxylation is 3. The van der Waals surface area contributed by atoms with Crippen LogP contribution >= 0.6 is 0 Å². The van der Waals surface area contributed by atoms with Gasteiger partial charge in [0.1, 0.15) is 12.4 Å². The zero-order valence-electron chi connectivity index (χ0n) is 17.3. The predicted octanol–water partition coefficient (Wildman–Crippen LogP) is 3.53. The fourth-order valence-corrected chi connectivity index (χ4v) is 3.15. The Morgan fingerprint density at radius 2 is 1.90 bits per heavy atom. The van der Waals surface area contributed by atoms with Crippen LogP contribution in [0.3, 0.4) is 0 Å². The number of nitrogens with zero attached hydrogens (tertiary/aromatic N) is 4. The van der Waals surface area contributed by atoms with Crippen molar-refractivity contribution in [3.05, 3.63) is 69.1 Å². The van der Waals surface area contributed by atoms with Crippen LogP contribution in [0.5, 0.6) is 5.75 Å². The molecule has 1 heterocycles. The smallest absolute Gasteiger partial charge is 0.368 e. The predicted molar refractivity (Wildman–Crippen MR) is 111 cm³/mol. The van der Waals surface area contributed by atoms with Crippen LogP contribution in [0.25, 0.3) is 5.69 Å². The molecule has 0 radical (unpaired) electrons. The van der Waals surface area contributed by atoms with Crippen molar-refractivity contribution in [2.75, 3.05) is 0 Å². The molecule has 3 aromatic rings. The lowest BCUT2D eigenvalue weighted by molar-refractivity contribution is 0.0979. The van der Waals surface area contributed by atoms with Gasteiger partial charge in [-0.3, -0.25) is 4.79 Å². The van der Waals surface area contributed by atoms with Crippen molar-refractivity contribution in [1.29, 1.82) is 0 Å². The minimum Gasteiger partial charge on any atom is -0.489 e. The Labute approximate surface area is 169 Å². The molecule has 0 aliphatic heterocycles. The quantitative estimate of drug-likeness (QED) is 0.546. The minimum atomic E-state index is -0.317. The zero-order chi connectivity index (χ0) is 21.0. The summed E-state index contributed by atoms with van der Waals surface area (Å²) < 4.78 is 8.50. The summed E-state index contributed by atoms with van der Waals surface area (Å²) in [5.41, 5.74) is 3.79. The van der Waals surface area contributed by atoms with E-state index in [0.717, 1.165) is 29.5 Å². The first-order valence-electron chi connectivity index (χ1n) is 9.77. The number of carbonyl (C=O) groups excluding carboxylic acids is 1. The van der Waals surface area contributed by atoms with Crippen LogP contribution in [0.1, 0.15) is 53.2 Å². The van der Waals surface area contributed by atoms with E-state index in [1.54, 1.807) is 7.05 Å². The first-order valence-corrected chi connectivity index (χ1v) is 9.77. The molecule has 7 heteroatoms. The molecule has 0 bridgehead atoms. The maximum atomic E-state index is 12.3. The molecule has 1 aromatic heterocycles. The molecule has 29 heavy (non-hydrogen) atoms. The second-order valence-corrected chi connectivity index (χ2v) is 7.17. The summed E-state index contributed by atoms with van der Waals surface area (Å²) >= 11 is 0. The molecule has 152 valence electrons. The Morgan fingerprint density at radius 1 is 1.10 bits per heavy atom. The Hall–Kier alpha value is -3.22. The molecule has 0 saturated heterocycles. The number of Topliss-reactive ketones (excluding diaryl/α,β-unsaturated/α-hetero) is 1. The van der Waals surface area contributed by atoms with Gasteiger partial charge >= 0.3 is 5.69 Å². The molecule has 2 aromatic carbocycles. The van der Waals surface area contributed by atoms with Crippen molar-refractivity contribution in [2.24, 2.45) is 7.05 Å². The highest BCUT2D eigenvalue weighted by molar-refractivity contribution is 5.96. The Balaban J connectivity index is 1.83. The number of tetrazole rings is 1. The topological polar surface area (TPSA) is 79.0 Å². The van der Waals surface area contributed by atoms with Gasteiger partial charge in [0.15, 0.2) is 5.78 Å². The maximum absolute atomic E-state index is 12.3. The summed E-state index contributed by atoms with van der Waals surface area (Å²) in [5, 5.41) is 7.73. The lowest BCUT2D eigenvalue weighted by Gasteiger charge is -2.14. The van der Waals surface area contributed by atoms with Crippen LogP contribution in [0, 0.1) is 13.8 Å². The lowest BCUT2D eigenvalue weighted by Crippen LogP contribution is -2.23. The van der Waals surface area contributed by atoms with Crippen molar-refractivity contribution in [2.45, 2.75) is 46.6 Å². The third-order valence-corrected chi connectivity index (χ3v) is 4.96. The average molecular weight is 394 g/mol. The van der Waals surface area contributed by atoms with Gasteiger partial charge < -0.3 is 4.74 Å². The molecule has 3 rings (SSSR count). The van der Waals surface area contributed by atoms with Crippen molar-refractivity contribution in [3.63, 3.8) is 0 Å². The number of ether oxygens (including phenoxy) is 1. The van der Waals surface area contributed by atoms with E-state index in [1.165, 1.54) is 9.36 Å². The van der Waals surface area contributed by atoms with Crippen molar-refractivity contribution < 1.29 is 9.53 Å². The number of unbranched alkanes of at least 4 members (excludes halogenated alkanes) is 1. The van der Waals surface area contributed by atoms with Crippen LogP contribution in [-0.2, 0) is 13.7 Å². The molecule has 0 unspecified atom stereocenters. The number of aromatic nitrogens is 4. The molecular formula is C22H26N4O3. The van der Waals surface area contributed by atoms with Gasteiger partial charge in [-0.1, -0.05) is 25.5 Å². The molecule has 0 fully saturated rings. The van der Waals surface area contributed by atoms with Gasteiger partial charge in [-0.05, 0) is 66.1 Å². The number of hydrogen-bond donors (Lipinski definition) is 0. The molecule has 0 atom stereocenters. The second kappa shape index (κ2) is 8.86. The van der Waals surface area contributed by atoms with E-state index in [1.807, 2.05) is 50.2 Å². The van der Waals surface area contributed by atoms with Crippen LogP contribution in [0.15, 0.2) is 41.2 Å². The third-order valence-electron chi connectivity index (χ3n) is 4.96. The SMILES string of the molecule is CCCCC(=O)c1ccc(OCc2c(C)cccc2-n2nnn(C)c2=O)c(C)c1. The van der Waals surface area contributed by atoms with Gasteiger partial charge in [0.25, 0.3) is 0 Å². The molecule has 0 N–H and O–H groups in total. The fourth-order valence-electron chi connectivity index (χ4n) is 3.15. The largest absolute Gasteiger partial charge is 0.489 e. The second-order valence-electron chi connectivity index (χ2n) is 7.17. The Kier molecular flexibility index (Phi) is 6.26. The molecule has 0 aliphatic rings. The van der Waals surface area contributed by atoms with E-state index in [9.17, 15) is 9.59 Å². The number of carbonyl (C=O) groups is 1. The number of benzene rings is 2. The van der Waals surface area contributed by atoms with E-state index in [2.05, 4.69) is 17.4 Å². The fraction of sp³-hybridized carbons (Fsp3) is 0.364. The van der Waals surface area contributed by atoms with Crippen LogP contribution in [0.4, 0.5) is 0 Å². The van der Waals surface area contributed by atoms with Gasteiger partial charge in [0, 0.05) is 24.6 Å². The van der Waals surface area contributed by atoms with Crippen LogP contribution in [0.2, 0.25) is 0 Å². The number of rotatable bonds is 8. The highest BCUT2D eigenvalue weighted by atomic mass is 16.5. The van der Waals surface area contributed by atoms with Crippen LogP contribution < -0.4 is 10.4 Å². The van der Waals surface area contributed by atoms with Crippen molar-refractivity contribution in [1.82, 2.24) is 19.8 Å². The summed E-state index contributed by atoms with van der Waals surface area (Å²) in [6, 6.07) is 11.2. The molecule has 0 amide bonds. The van der Waals surface area contributed by atoms with Gasteiger partial charge in [0.2, 0.25) is 0 Å².